The van der Waals surface area contributed by atoms with Gasteiger partial charge in [0.05, 0.1) is 0 Å². The highest BCUT2D eigenvalue weighted by Gasteiger charge is 2.02. The van der Waals surface area contributed by atoms with E-state index in [1.807, 2.05) is 43.3 Å². The van der Waals surface area contributed by atoms with Gasteiger partial charge in [-0.2, -0.15) is 0 Å². The van der Waals surface area contributed by atoms with E-state index >= 15 is 0 Å². The lowest BCUT2D eigenvalue weighted by molar-refractivity contribution is 0.607. The number of benzene rings is 2. The van der Waals surface area contributed by atoms with Crippen LogP contribution in [0, 0.1) is 12.7 Å². The summed E-state index contributed by atoms with van der Waals surface area (Å²) < 4.78 is 13.6. The smallest absolute Gasteiger partial charge is 0.126 e. The third-order valence-corrected chi connectivity index (χ3v) is 2.84. The van der Waals surface area contributed by atoms with Gasteiger partial charge in [0.25, 0.3) is 0 Å². The summed E-state index contributed by atoms with van der Waals surface area (Å²) in [7, 11) is 0. The molecule has 2 aromatic carbocycles. The highest BCUT2D eigenvalue weighted by molar-refractivity contribution is 5.40. The molecule has 0 aliphatic carbocycles. The van der Waals surface area contributed by atoms with E-state index in [-0.39, 0.29) is 5.82 Å². The van der Waals surface area contributed by atoms with Crippen LogP contribution in [0.25, 0.3) is 0 Å². The minimum Gasteiger partial charge on any atom is -0.399 e. The minimum atomic E-state index is -0.117. The lowest BCUT2D eigenvalue weighted by Crippen LogP contribution is -1.96. The number of anilines is 1. The van der Waals surface area contributed by atoms with Crippen LogP contribution in [0.2, 0.25) is 0 Å². The molecule has 88 valence electrons. The van der Waals surface area contributed by atoms with Gasteiger partial charge in [0.1, 0.15) is 5.82 Å². The van der Waals surface area contributed by atoms with E-state index in [0.29, 0.717) is 6.42 Å². The van der Waals surface area contributed by atoms with Crippen LogP contribution in [-0.2, 0) is 12.8 Å². The van der Waals surface area contributed by atoms with Crippen molar-refractivity contribution in [1.29, 1.82) is 0 Å². The van der Waals surface area contributed by atoms with Crippen molar-refractivity contribution in [3.63, 3.8) is 0 Å². The summed E-state index contributed by atoms with van der Waals surface area (Å²) in [6, 6.07) is 13.1. The standard InChI is InChI=1S/C15H16FN/c1-11-5-7-13(15(16)9-11)8-6-12-3-2-4-14(17)10-12/h2-5,7,9-10H,6,8,17H2,1H3. The van der Waals surface area contributed by atoms with Gasteiger partial charge in [-0.3, -0.25) is 0 Å². The van der Waals surface area contributed by atoms with Crippen LogP contribution in [0.4, 0.5) is 10.1 Å². The first kappa shape index (κ1) is 11.6. The van der Waals surface area contributed by atoms with Crippen molar-refractivity contribution < 1.29 is 4.39 Å². The molecule has 0 spiro atoms. The van der Waals surface area contributed by atoms with Crippen LogP contribution in [0.15, 0.2) is 42.5 Å². The molecule has 2 N–H and O–H groups in total. The molecule has 0 heterocycles. The van der Waals surface area contributed by atoms with Crippen LogP contribution < -0.4 is 5.73 Å². The molecule has 0 amide bonds. The average Bonchev–Trinajstić information content (AvgIpc) is 2.28. The van der Waals surface area contributed by atoms with Crippen molar-refractivity contribution in [2.75, 3.05) is 5.73 Å². The fourth-order valence-electron chi connectivity index (χ4n) is 1.88. The van der Waals surface area contributed by atoms with E-state index in [1.54, 1.807) is 6.07 Å². The molecule has 0 aliphatic heterocycles. The van der Waals surface area contributed by atoms with Crippen molar-refractivity contribution in [2.45, 2.75) is 19.8 Å². The maximum Gasteiger partial charge on any atom is 0.126 e. The molecule has 2 aromatic rings. The molecular formula is C15H16FN. The second kappa shape index (κ2) is 5.00. The third kappa shape index (κ3) is 3.06. The Hall–Kier alpha value is -1.83. The third-order valence-electron chi connectivity index (χ3n) is 2.84. The first-order valence-corrected chi connectivity index (χ1v) is 5.74. The summed E-state index contributed by atoms with van der Waals surface area (Å²) in [6.07, 6.45) is 1.51. The van der Waals surface area contributed by atoms with Crippen LogP contribution >= 0.6 is 0 Å². The lowest BCUT2D eigenvalue weighted by Gasteiger charge is -2.05. The van der Waals surface area contributed by atoms with Gasteiger partial charge in [0, 0.05) is 5.69 Å². The fraction of sp³-hybridized carbons (Fsp3) is 0.200. The van der Waals surface area contributed by atoms with Gasteiger partial charge in [-0.15, -0.1) is 0 Å². The number of aryl methyl sites for hydroxylation is 3. The zero-order valence-corrected chi connectivity index (χ0v) is 9.91. The van der Waals surface area contributed by atoms with Crippen molar-refractivity contribution in [2.24, 2.45) is 0 Å². The molecular weight excluding hydrogens is 213 g/mol. The minimum absolute atomic E-state index is 0.117. The summed E-state index contributed by atoms with van der Waals surface area (Å²) in [5.74, 6) is -0.117. The molecule has 0 saturated carbocycles. The van der Waals surface area contributed by atoms with E-state index in [4.69, 9.17) is 5.73 Å². The van der Waals surface area contributed by atoms with Gasteiger partial charge >= 0.3 is 0 Å². The Balaban J connectivity index is 2.07. The van der Waals surface area contributed by atoms with E-state index < -0.39 is 0 Å². The number of hydrogen-bond donors (Lipinski definition) is 1. The monoisotopic (exact) mass is 229 g/mol. The molecule has 0 atom stereocenters. The molecule has 2 rings (SSSR count). The van der Waals surface area contributed by atoms with Crippen LogP contribution in [0.3, 0.4) is 0 Å². The lowest BCUT2D eigenvalue weighted by atomic mass is 10.0. The second-order valence-electron chi connectivity index (χ2n) is 4.34. The molecule has 0 fully saturated rings. The summed E-state index contributed by atoms with van der Waals surface area (Å²) in [5, 5.41) is 0. The van der Waals surface area contributed by atoms with Crippen LogP contribution in [0.5, 0.6) is 0 Å². The van der Waals surface area contributed by atoms with Gasteiger partial charge in [0.15, 0.2) is 0 Å². The van der Waals surface area contributed by atoms with Crippen molar-refractivity contribution >= 4 is 5.69 Å². The predicted octanol–water partition coefficient (Wildman–Crippen LogP) is 3.50. The Morgan fingerprint density at radius 2 is 1.88 bits per heavy atom. The molecule has 0 aromatic heterocycles. The van der Waals surface area contributed by atoms with Gasteiger partial charge in [0.2, 0.25) is 0 Å². The molecule has 17 heavy (non-hydrogen) atoms. The Morgan fingerprint density at radius 3 is 2.59 bits per heavy atom. The zero-order chi connectivity index (χ0) is 12.3. The summed E-state index contributed by atoms with van der Waals surface area (Å²) in [5.41, 5.74) is 9.32. The zero-order valence-electron chi connectivity index (χ0n) is 9.91. The Labute approximate surface area is 101 Å². The Bertz CT molecular complexity index is 520. The first-order valence-electron chi connectivity index (χ1n) is 5.74. The molecule has 2 heteroatoms. The van der Waals surface area contributed by atoms with Gasteiger partial charge in [-0.1, -0.05) is 24.3 Å². The molecule has 0 bridgehead atoms. The summed E-state index contributed by atoms with van der Waals surface area (Å²) >= 11 is 0. The van der Waals surface area contributed by atoms with Gasteiger partial charge < -0.3 is 5.73 Å². The number of hydrogen-bond acceptors (Lipinski definition) is 1. The maximum atomic E-state index is 13.6. The summed E-state index contributed by atoms with van der Waals surface area (Å²) in [6.45, 7) is 1.89. The molecule has 0 saturated heterocycles. The quantitative estimate of drug-likeness (QED) is 0.801. The second-order valence-corrected chi connectivity index (χ2v) is 4.34. The number of halogens is 1. The highest BCUT2D eigenvalue weighted by atomic mass is 19.1. The van der Waals surface area contributed by atoms with Crippen LogP contribution in [-0.4, -0.2) is 0 Å². The largest absolute Gasteiger partial charge is 0.399 e. The number of nitrogens with two attached hydrogens (primary N) is 1. The molecule has 0 unspecified atom stereocenters. The van der Waals surface area contributed by atoms with Crippen molar-refractivity contribution in [1.82, 2.24) is 0 Å². The maximum absolute atomic E-state index is 13.6. The van der Waals surface area contributed by atoms with Crippen LogP contribution in [0.1, 0.15) is 16.7 Å². The topological polar surface area (TPSA) is 26.0 Å². The van der Waals surface area contributed by atoms with Crippen molar-refractivity contribution in [3.05, 3.63) is 65.0 Å². The van der Waals surface area contributed by atoms with Crippen molar-refractivity contribution in [3.8, 4) is 0 Å². The van der Waals surface area contributed by atoms with E-state index in [1.165, 1.54) is 0 Å². The number of rotatable bonds is 3. The predicted molar refractivity (Wildman–Crippen MR) is 69.4 cm³/mol. The van der Waals surface area contributed by atoms with E-state index in [9.17, 15) is 4.39 Å². The summed E-state index contributed by atoms with van der Waals surface area (Å²) in [4.78, 5) is 0. The van der Waals surface area contributed by atoms with E-state index in [0.717, 1.165) is 28.8 Å². The molecule has 0 aliphatic rings. The fourth-order valence-corrected chi connectivity index (χ4v) is 1.88. The highest BCUT2D eigenvalue weighted by Crippen LogP contribution is 2.14. The first-order chi connectivity index (χ1) is 8.15. The Morgan fingerprint density at radius 1 is 1.06 bits per heavy atom. The molecule has 0 radical (unpaired) electrons. The van der Waals surface area contributed by atoms with E-state index in [2.05, 4.69) is 0 Å². The average molecular weight is 229 g/mol. The Kier molecular flexibility index (Phi) is 3.43. The number of nitrogen functional groups attached to an aromatic ring is 1. The normalized spacial score (nSPS) is 10.5. The van der Waals surface area contributed by atoms with Gasteiger partial charge in [-0.25, -0.2) is 4.39 Å². The van der Waals surface area contributed by atoms with Gasteiger partial charge in [-0.05, 0) is 54.7 Å². The SMILES string of the molecule is Cc1ccc(CCc2cccc(N)c2)c(F)c1. The molecule has 1 nitrogen and oxygen atoms in total.